The quantitative estimate of drug-likeness (QED) is 0.848. The number of anilines is 1. The van der Waals surface area contributed by atoms with Crippen molar-refractivity contribution in [2.75, 3.05) is 12.8 Å². The van der Waals surface area contributed by atoms with Crippen LogP contribution < -0.4 is 10.5 Å². The lowest BCUT2D eigenvalue weighted by Crippen LogP contribution is -2.05. The SMILES string of the molecule is C=CCn1c(CC)nc(-c2cc(OC)ccc2Br)c1N. The molecule has 0 aliphatic carbocycles. The third kappa shape index (κ3) is 2.58. The predicted molar refractivity (Wildman–Crippen MR) is 85.9 cm³/mol. The highest BCUT2D eigenvalue weighted by Crippen LogP contribution is 2.35. The van der Waals surface area contributed by atoms with E-state index in [1.165, 1.54) is 0 Å². The number of halogens is 1. The van der Waals surface area contributed by atoms with Gasteiger partial charge in [-0.15, -0.1) is 6.58 Å². The number of benzene rings is 1. The first-order chi connectivity index (χ1) is 9.62. The second-order valence-electron chi connectivity index (χ2n) is 4.36. The molecule has 106 valence electrons. The van der Waals surface area contributed by atoms with Gasteiger partial charge in [0.15, 0.2) is 0 Å². The summed E-state index contributed by atoms with van der Waals surface area (Å²) in [7, 11) is 1.64. The molecule has 0 aliphatic heterocycles. The van der Waals surface area contributed by atoms with E-state index in [1.54, 1.807) is 7.11 Å². The summed E-state index contributed by atoms with van der Waals surface area (Å²) in [5, 5.41) is 0. The van der Waals surface area contributed by atoms with Crippen LogP contribution >= 0.6 is 15.9 Å². The molecule has 5 heteroatoms. The van der Waals surface area contributed by atoms with E-state index in [0.29, 0.717) is 12.4 Å². The Balaban J connectivity index is 2.60. The van der Waals surface area contributed by atoms with Crippen molar-refractivity contribution in [3.63, 3.8) is 0 Å². The third-order valence-electron chi connectivity index (χ3n) is 3.14. The summed E-state index contributed by atoms with van der Waals surface area (Å²) in [5.41, 5.74) is 7.95. The molecule has 1 aromatic carbocycles. The minimum absolute atomic E-state index is 0.649. The molecule has 0 bridgehead atoms. The summed E-state index contributed by atoms with van der Waals surface area (Å²) in [4.78, 5) is 4.66. The zero-order valence-electron chi connectivity index (χ0n) is 11.7. The van der Waals surface area contributed by atoms with Gasteiger partial charge in [0.05, 0.1) is 7.11 Å². The number of nitrogens with zero attached hydrogens (tertiary/aromatic N) is 2. The molecule has 4 nitrogen and oxygen atoms in total. The van der Waals surface area contributed by atoms with Gasteiger partial charge in [-0.1, -0.05) is 28.9 Å². The summed E-state index contributed by atoms with van der Waals surface area (Å²) in [6.07, 6.45) is 2.64. The highest BCUT2D eigenvalue weighted by Gasteiger charge is 2.17. The second-order valence-corrected chi connectivity index (χ2v) is 5.21. The lowest BCUT2D eigenvalue weighted by molar-refractivity contribution is 0.415. The Labute approximate surface area is 127 Å². The largest absolute Gasteiger partial charge is 0.497 e. The van der Waals surface area contributed by atoms with Crippen LogP contribution in [0.3, 0.4) is 0 Å². The minimum atomic E-state index is 0.649. The lowest BCUT2D eigenvalue weighted by atomic mass is 10.1. The topological polar surface area (TPSA) is 53.1 Å². The third-order valence-corrected chi connectivity index (χ3v) is 3.83. The Kier molecular flexibility index (Phi) is 4.49. The van der Waals surface area contributed by atoms with Gasteiger partial charge in [0.2, 0.25) is 0 Å². The van der Waals surface area contributed by atoms with Crippen LogP contribution in [0.1, 0.15) is 12.7 Å². The van der Waals surface area contributed by atoms with Crippen LogP contribution in [0, 0.1) is 0 Å². The molecule has 2 rings (SSSR count). The predicted octanol–water partition coefficient (Wildman–Crippen LogP) is 3.65. The van der Waals surface area contributed by atoms with Crippen LogP contribution in [0.25, 0.3) is 11.3 Å². The second kappa shape index (κ2) is 6.13. The van der Waals surface area contributed by atoms with Gasteiger partial charge in [-0.05, 0) is 18.2 Å². The number of allylic oxidation sites excluding steroid dienone is 1. The van der Waals surface area contributed by atoms with Crippen molar-refractivity contribution in [3.8, 4) is 17.0 Å². The molecule has 0 unspecified atom stereocenters. The van der Waals surface area contributed by atoms with Crippen molar-refractivity contribution in [1.29, 1.82) is 0 Å². The van der Waals surface area contributed by atoms with E-state index >= 15 is 0 Å². The van der Waals surface area contributed by atoms with Crippen LogP contribution in [-0.4, -0.2) is 16.7 Å². The maximum absolute atomic E-state index is 6.25. The summed E-state index contributed by atoms with van der Waals surface area (Å²) >= 11 is 3.54. The number of hydrogen-bond donors (Lipinski definition) is 1. The van der Waals surface area contributed by atoms with Gasteiger partial charge in [-0.2, -0.15) is 0 Å². The van der Waals surface area contributed by atoms with Crippen molar-refractivity contribution in [3.05, 3.63) is 41.2 Å². The van der Waals surface area contributed by atoms with Crippen LogP contribution in [0.2, 0.25) is 0 Å². The lowest BCUT2D eigenvalue weighted by Gasteiger charge is -2.07. The van der Waals surface area contributed by atoms with E-state index in [9.17, 15) is 0 Å². The van der Waals surface area contributed by atoms with Crippen molar-refractivity contribution in [2.24, 2.45) is 0 Å². The number of aryl methyl sites for hydroxylation is 1. The molecule has 0 amide bonds. The normalized spacial score (nSPS) is 10.6. The fourth-order valence-corrected chi connectivity index (χ4v) is 2.56. The van der Waals surface area contributed by atoms with Crippen LogP contribution in [0.4, 0.5) is 5.82 Å². The average Bonchev–Trinajstić information content (AvgIpc) is 2.77. The van der Waals surface area contributed by atoms with E-state index in [-0.39, 0.29) is 0 Å². The van der Waals surface area contributed by atoms with Gasteiger partial charge < -0.3 is 15.0 Å². The fraction of sp³-hybridized carbons (Fsp3) is 0.267. The number of nitrogens with two attached hydrogens (primary N) is 1. The molecule has 0 spiro atoms. The number of aromatic nitrogens is 2. The smallest absolute Gasteiger partial charge is 0.132 e. The monoisotopic (exact) mass is 335 g/mol. The molecule has 0 atom stereocenters. The Hall–Kier alpha value is -1.75. The molecular weight excluding hydrogens is 318 g/mol. The highest BCUT2D eigenvalue weighted by atomic mass is 79.9. The minimum Gasteiger partial charge on any atom is -0.497 e. The van der Waals surface area contributed by atoms with Gasteiger partial charge >= 0.3 is 0 Å². The Bertz CT molecular complexity index is 634. The summed E-state index contributed by atoms with van der Waals surface area (Å²) in [6.45, 7) is 6.48. The van der Waals surface area contributed by atoms with Crippen molar-refractivity contribution in [2.45, 2.75) is 19.9 Å². The van der Waals surface area contributed by atoms with Gasteiger partial charge in [0, 0.05) is 23.0 Å². The summed E-state index contributed by atoms with van der Waals surface area (Å²) < 4.78 is 8.19. The Morgan fingerprint density at radius 2 is 2.25 bits per heavy atom. The van der Waals surface area contributed by atoms with E-state index in [1.807, 2.05) is 28.8 Å². The standard InChI is InChI=1S/C15H18BrN3O/c1-4-8-19-13(5-2)18-14(15(19)17)11-9-10(20-3)6-7-12(11)16/h4,6-7,9H,1,5,8,17H2,2-3H3. The number of rotatable bonds is 5. The van der Waals surface area contributed by atoms with E-state index < -0.39 is 0 Å². The number of imidazole rings is 1. The zero-order valence-corrected chi connectivity index (χ0v) is 13.3. The fourth-order valence-electron chi connectivity index (χ4n) is 2.13. The molecule has 0 radical (unpaired) electrons. The van der Waals surface area contributed by atoms with Gasteiger partial charge in [0.1, 0.15) is 23.1 Å². The number of hydrogen-bond acceptors (Lipinski definition) is 3. The molecule has 1 heterocycles. The van der Waals surface area contributed by atoms with Crippen LogP contribution in [-0.2, 0) is 13.0 Å². The van der Waals surface area contributed by atoms with Crippen molar-refractivity contribution >= 4 is 21.7 Å². The zero-order chi connectivity index (χ0) is 14.7. The van der Waals surface area contributed by atoms with Gasteiger partial charge in [-0.3, -0.25) is 0 Å². The Morgan fingerprint density at radius 3 is 2.85 bits per heavy atom. The molecule has 20 heavy (non-hydrogen) atoms. The average molecular weight is 336 g/mol. The molecule has 0 saturated carbocycles. The first-order valence-electron chi connectivity index (χ1n) is 6.42. The number of nitrogen functional groups attached to an aromatic ring is 1. The molecule has 0 fully saturated rings. The summed E-state index contributed by atoms with van der Waals surface area (Å²) in [5.74, 6) is 2.38. The van der Waals surface area contributed by atoms with E-state index in [2.05, 4.69) is 34.4 Å². The molecule has 0 saturated heterocycles. The summed E-state index contributed by atoms with van der Waals surface area (Å²) in [6, 6.07) is 5.76. The van der Waals surface area contributed by atoms with Crippen LogP contribution in [0.5, 0.6) is 5.75 Å². The first kappa shape index (κ1) is 14.7. The van der Waals surface area contributed by atoms with Gasteiger partial charge in [0.25, 0.3) is 0 Å². The first-order valence-corrected chi connectivity index (χ1v) is 7.21. The van der Waals surface area contributed by atoms with Crippen LogP contribution in [0.15, 0.2) is 35.3 Å². The molecular formula is C15H18BrN3O. The maximum atomic E-state index is 6.25. The van der Waals surface area contributed by atoms with E-state index in [0.717, 1.165) is 33.7 Å². The number of ether oxygens (including phenoxy) is 1. The van der Waals surface area contributed by atoms with E-state index in [4.69, 9.17) is 10.5 Å². The molecule has 2 N–H and O–H groups in total. The molecule has 2 aromatic rings. The van der Waals surface area contributed by atoms with Crippen molar-refractivity contribution in [1.82, 2.24) is 9.55 Å². The maximum Gasteiger partial charge on any atom is 0.132 e. The highest BCUT2D eigenvalue weighted by molar-refractivity contribution is 9.10. The molecule has 1 aromatic heterocycles. The molecule has 0 aliphatic rings. The van der Waals surface area contributed by atoms with Gasteiger partial charge in [-0.25, -0.2) is 4.98 Å². The Morgan fingerprint density at radius 1 is 1.50 bits per heavy atom. The van der Waals surface area contributed by atoms with Crippen molar-refractivity contribution < 1.29 is 4.74 Å². The number of methoxy groups -OCH3 is 1.